The van der Waals surface area contributed by atoms with Crippen LogP contribution in [0.15, 0.2) is 53.7 Å². The highest BCUT2D eigenvalue weighted by atomic mass is 35.5. The van der Waals surface area contributed by atoms with Gasteiger partial charge in [0.25, 0.3) is 5.91 Å². The monoisotopic (exact) mass is 555 g/mol. The van der Waals surface area contributed by atoms with E-state index in [-0.39, 0.29) is 30.0 Å². The SMILES string of the molecule is CCOc1ccc(S(=O)(=O)[C@@](NCc2ccncc2)(C(=O)NO)C2CCC(OCC(C)C)CC2)cc1.Cl. The summed E-state index contributed by atoms with van der Waals surface area (Å²) in [5.74, 6) is -0.677. The van der Waals surface area contributed by atoms with Gasteiger partial charge in [-0.25, -0.2) is 13.9 Å². The number of amides is 1. The molecule has 3 rings (SSSR count). The number of nitrogens with zero attached hydrogens (tertiary/aromatic N) is 1. The van der Waals surface area contributed by atoms with E-state index in [1.807, 2.05) is 6.92 Å². The summed E-state index contributed by atoms with van der Waals surface area (Å²) in [6.45, 7) is 7.16. The van der Waals surface area contributed by atoms with E-state index in [4.69, 9.17) is 9.47 Å². The summed E-state index contributed by atoms with van der Waals surface area (Å²) in [6.07, 6.45) is 5.32. The first-order valence-corrected chi connectivity index (χ1v) is 13.9. The zero-order valence-electron chi connectivity index (χ0n) is 21.6. The largest absolute Gasteiger partial charge is 0.494 e. The van der Waals surface area contributed by atoms with Crippen molar-refractivity contribution in [2.45, 2.75) is 68.9 Å². The molecular weight excluding hydrogens is 518 g/mol. The van der Waals surface area contributed by atoms with Crippen molar-refractivity contribution in [1.29, 1.82) is 0 Å². The van der Waals surface area contributed by atoms with E-state index in [1.165, 1.54) is 12.1 Å². The molecule has 0 saturated heterocycles. The number of halogens is 1. The van der Waals surface area contributed by atoms with Gasteiger partial charge in [0.15, 0.2) is 0 Å². The van der Waals surface area contributed by atoms with Crippen LogP contribution >= 0.6 is 12.4 Å². The first-order valence-electron chi connectivity index (χ1n) is 12.4. The Labute approximate surface area is 225 Å². The molecule has 1 aromatic heterocycles. The lowest BCUT2D eigenvalue weighted by atomic mass is 9.81. The second-order valence-electron chi connectivity index (χ2n) is 9.49. The number of hydrogen-bond acceptors (Lipinski definition) is 8. The molecule has 1 fully saturated rings. The first-order chi connectivity index (χ1) is 17.2. The van der Waals surface area contributed by atoms with Crippen molar-refractivity contribution >= 4 is 28.2 Å². The number of aromatic nitrogens is 1. The van der Waals surface area contributed by atoms with Gasteiger partial charge < -0.3 is 9.47 Å². The normalized spacial score (nSPS) is 19.5. The summed E-state index contributed by atoms with van der Waals surface area (Å²) in [5.41, 5.74) is 2.41. The zero-order valence-corrected chi connectivity index (χ0v) is 23.2. The average Bonchev–Trinajstić information content (AvgIpc) is 2.89. The van der Waals surface area contributed by atoms with Gasteiger partial charge in [-0.1, -0.05) is 13.8 Å². The molecule has 0 radical (unpaired) electrons. The third kappa shape index (κ3) is 7.20. The molecular formula is C26H38ClN3O6S. The van der Waals surface area contributed by atoms with Crippen LogP contribution in [-0.2, 0) is 25.9 Å². The lowest BCUT2D eigenvalue weighted by molar-refractivity contribution is -0.135. The van der Waals surface area contributed by atoms with Gasteiger partial charge in [0.05, 0.1) is 17.6 Å². The zero-order chi connectivity index (χ0) is 26.2. The summed E-state index contributed by atoms with van der Waals surface area (Å²) in [5, 5.41) is 12.8. The lowest BCUT2D eigenvalue weighted by Crippen LogP contribution is -2.66. The van der Waals surface area contributed by atoms with Crippen molar-refractivity contribution in [2.75, 3.05) is 13.2 Å². The van der Waals surface area contributed by atoms with E-state index < -0.39 is 26.5 Å². The summed E-state index contributed by atoms with van der Waals surface area (Å²) in [7, 11) is -4.31. The van der Waals surface area contributed by atoms with Gasteiger partial charge in [0.1, 0.15) is 5.75 Å². The molecule has 1 saturated carbocycles. The quantitative estimate of drug-likeness (QED) is 0.266. The Morgan fingerprint density at radius 1 is 1.11 bits per heavy atom. The Kier molecular flexibility index (Phi) is 11.8. The molecule has 11 heteroatoms. The van der Waals surface area contributed by atoms with Crippen molar-refractivity contribution in [3.8, 4) is 5.75 Å². The maximum Gasteiger partial charge on any atom is 0.280 e. The number of ether oxygens (including phenoxy) is 2. The van der Waals surface area contributed by atoms with Gasteiger partial charge in [0.2, 0.25) is 14.7 Å². The van der Waals surface area contributed by atoms with Crippen LogP contribution in [0.2, 0.25) is 0 Å². The number of benzene rings is 1. The Morgan fingerprint density at radius 2 is 1.73 bits per heavy atom. The van der Waals surface area contributed by atoms with E-state index >= 15 is 0 Å². The highest BCUT2D eigenvalue weighted by Crippen LogP contribution is 2.41. The van der Waals surface area contributed by atoms with Crippen molar-refractivity contribution in [3.05, 3.63) is 54.4 Å². The van der Waals surface area contributed by atoms with Crippen molar-refractivity contribution in [2.24, 2.45) is 11.8 Å². The van der Waals surface area contributed by atoms with Crippen molar-refractivity contribution in [3.63, 3.8) is 0 Å². The van der Waals surface area contributed by atoms with Crippen LogP contribution in [0.5, 0.6) is 5.75 Å². The fourth-order valence-corrected chi connectivity index (χ4v) is 6.79. The Hall–Kier alpha value is -2.24. The molecule has 0 spiro atoms. The summed E-state index contributed by atoms with van der Waals surface area (Å²) in [4.78, 5) is 15.2. The molecule has 0 unspecified atom stereocenters. The molecule has 1 heterocycles. The number of carbonyl (C=O) groups is 1. The smallest absolute Gasteiger partial charge is 0.280 e. The second-order valence-corrected chi connectivity index (χ2v) is 11.6. The molecule has 3 N–H and O–H groups in total. The molecule has 0 bridgehead atoms. The number of pyridine rings is 1. The highest BCUT2D eigenvalue weighted by Gasteiger charge is 2.57. The molecule has 1 atom stereocenters. The van der Waals surface area contributed by atoms with Crippen LogP contribution in [0.1, 0.15) is 52.0 Å². The van der Waals surface area contributed by atoms with Crippen molar-refractivity contribution in [1.82, 2.24) is 15.8 Å². The maximum atomic E-state index is 14.2. The molecule has 1 aromatic carbocycles. The van der Waals surface area contributed by atoms with Gasteiger partial charge in [-0.3, -0.25) is 20.3 Å². The van der Waals surface area contributed by atoms with Crippen LogP contribution in [0.3, 0.4) is 0 Å². The van der Waals surface area contributed by atoms with Gasteiger partial charge in [-0.15, -0.1) is 12.4 Å². The molecule has 1 amide bonds. The molecule has 1 aliphatic carbocycles. The summed E-state index contributed by atoms with van der Waals surface area (Å²) >= 11 is 0. The number of hydroxylamine groups is 1. The third-order valence-corrected chi connectivity index (χ3v) is 8.93. The number of hydrogen-bond donors (Lipinski definition) is 3. The lowest BCUT2D eigenvalue weighted by Gasteiger charge is -2.42. The van der Waals surface area contributed by atoms with Crippen LogP contribution in [0.4, 0.5) is 0 Å². The second kappa shape index (κ2) is 14.1. The van der Waals surface area contributed by atoms with E-state index in [2.05, 4.69) is 24.1 Å². The minimum absolute atomic E-state index is 0. The van der Waals surface area contributed by atoms with Crippen LogP contribution in [-0.4, -0.2) is 48.7 Å². The van der Waals surface area contributed by atoms with E-state index in [9.17, 15) is 18.4 Å². The topological polar surface area (TPSA) is 127 Å². The molecule has 206 valence electrons. The Bertz CT molecular complexity index is 1080. The highest BCUT2D eigenvalue weighted by molar-refractivity contribution is 7.93. The van der Waals surface area contributed by atoms with Gasteiger partial charge in [-0.05, 0) is 80.5 Å². The molecule has 1 aliphatic rings. The van der Waals surface area contributed by atoms with E-state index in [0.29, 0.717) is 50.6 Å². The predicted molar refractivity (Wildman–Crippen MR) is 142 cm³/mol. The summed E-state index contributed by atoms with van der Waals surface area (Å²) < 4.78 is 39.9. The molecule has 9 nitrogen and oxygen atoms in total. The third-order valence-electron chi connectivity index (χ3n) is 6.53. The van der Waals surface area contributed by atoms with Crippen molar-refractivity contribution < 1.29 is 27.9 Å². The summed E-state index contributed by atoms with van der Waals surface area (Å²) in [6, 6.07) is 9.50. The van der Waals surface area contributed by atoms with E-state index in [0.717, 1.165) is 5.56 Å². The molecule has 2 aromatic rings. The predicted octanol–water partition coefficient (Wildman–Crippen LogP) is 3.90. The number of nitrogens with one attached hydrogen (secondary N) is 2. The molecule has 37 heavy (non-hydrogen) atoms. The minimum atomic E-state index is -4.31. The van der Waals surface area contributed by atoms with Crippen LogP contribution in [0, 0.1) is 11.8 Å². The number of rotatable bonds is 12. The average molecular weight is 556 g/mol. The van der Waals surface area contributed by atoms with Gasteiger partial charge in [0, 0.05) is 31.5 Å². The number of sulfone groups is 1. The Morgan fingerprint density at radius 3 is 2.27 bits per heavy atom. The number of carbonyl (C=O) groups excluding carboxylic acids is 1. The standard InChI is InChI=1S/C26H37N3O6S.ClH/c1-4-34-22-9-11-24(12-10-22)36(32,33)26(25(30)29-31,28-17-20-13-15-27-16-14-20)21-5-7-23(8-6-21)35-18-19(2)3;/h9-16,19,21,23,28,31H,4-8,17-18H2,1-3H3,(H,29,30);1H/t21?,23?,26-;/m1./s1. The fourth-order valence-electron chi connectivity index (χ4n) is 4.70. The fraction of sp³-hybridized carbons (Fsp3) is 0.538. The Balaban J connectivity index is 0.00000481. The minimum Gasteiger partial charge on any atom is -0.494 e. The van der Waals surface area contributed by atoms with Gasteiger partial charge >= 0.3 is 0 Å². The van der Waals surface area contributed by atoms with Gasteiger partial charge in [-0.2, -0.15) is 0 Å². The first kappa shape index (κ1) is 31.0. The molecule has 0 aliphatic heterocycles. The van der Waals surface area contributed by atoms with E-state index in [1.54, 1.807) is 42.1 Å². The maximum absolute atomic E-state index is 14.2. The van der Waals surface area contributed by atoms with Crippen LogP contribution < -0.4 is 15.5 Å². The van der Waals surface area contributed by atoms with Crippen LogP contribution in [0.25, 0.3) is 0 Å².